The van der Waals surface area contributed by atoms with Gasteiger partial charge in [0.2, 0.25) is 5.95 Å². The quantitative estimate of drug-likeness (QED) is 0.885. The average molecular weight is 298 g/mol. The Kier molecular flexibility index (Phi) is 5.09. The second-order valence-electron chi connectivity index (χ2n) is 5.49. The highest BCUT2D eigenvalue weighted by Crippen LogP contribution is 2.12. The lowest BCUT2D eigenvalue weighted by molar-refractivity contribution is 0.102. The number of carbonyl (C=O) groups is 1. The number of aromatic nitrogens is 2. The van der Waals surface area contributed by atoms with Crippen molar-refractivity contribution in [2.45, 2.75) is 40.2 Å². The van der Waals surface area contributed by atoms with Gasteiger partial charge in [-0.2, -0.15) is 0 Å². The second kappa shape index (κ2) is 7.02. The third-order valence-electron chi connectivity index (χ3n) is 3.38. The predicted octanol–water partition coefficient (Wildman–Crippen LogP) is 3.56. The maximum Gasteiger partial charge on any atom is 0.274 e. The van der Waals surface area contributed by atoms with E-state index in [2.05, 4.69) is 34.4 Å². The second-order valence-corrected chi connectivity index (χ2v) is 5.49. The first-order valence-electron chi connectivity index (χ1n) is 7.48. The zero-order chi connectivity index (χ0) is 16.1. The van der Waals surface area contributed by atoms with Gasteiger partial charge in [0.15, 0.2) is 0 Å². The minimum absolute atomic E-state index is 0.235. The highest BCUT2D eigenvalue weighted by Gasteiger charge is 2.12. The number of hydrogen-bond acceptors (Lipinski definition) is 4. The number of anilines is 2. The summed E-state index contributed by atoms with van der Waals surface area (Å²) in [6.07, 6.45) is 0.961. The Hall–Kier alpha value is -2.43. The van der Waals surface area contributed by atoms with E-state index in [1.54, 1.807) is 6.07 Å². The Balaban J connectivity index is 2.16. The van der Waals surface area contributed by atoms with Crippen LogP contribution >= 0.6 is 0 Å². The molecule has 1 aromatic heterocycles. The molecule has 5 nitrogen and oxygen atoms in total. The molecule has 0 aliphatic heterocycles. The number of rotatable bonds is 5. The number of nitrogens with one attached hydrogen (secondary N) is 2. The van der Waals surface area contributed by atoms with Crippen LogP contribution in [0.4, 0.5) is 11.6 Å². The zero-order valence-electron chi connectivity index (χ0n) is 13.5. The predicted molar refractivity (Wildman–Crippen MR) is 89.3 cm³/mol. The molecule has 0 bridgehead atoms. The SMILES string of the molecule is CCC(C)Nc1nc(C)cc(C(=O)Nc2ccc(C)cc2)n1. The van der Waals surface area contributed by atoms with Crippen LogP contribution in [0.1, 0.15) is 42.0 Å². The fourth-order valence-electron chi connectivity index (χ4n) is 1.90. The Morgan fingerprint density at radius 2 is 1.86 bits per heavy atom. The molecule has 0 saturated carbocycles. The van der Waals surface area contributed by atoms with Crippen LogP contribution in [0, 0.1) is 13.8 Å². The molecule has 1 amide bonds. The molecule has 0 fully saturated rings. The standard InChI is InChI=1S/C17H22N4O/c1-5-12(3)18-17-19-13(4)10-15(21-17)16(22)20-14-8-6-11(2)7-9-14/h6-10,12H,5H2,1-4H3,(H,20,22)(H,18,19,21). The summed E-state index contributed by atoms with van der Waals surface area (Å²) in [7, 11) is 0. The smallest absolute Gasteiger partial charge is 0.274 e. The molecule has 22 heavy (non-hydrogen) atoms. The molecule has 0 spiro atoms. The lowest BCUT2D eigenvalue weighted by atomic mass is 10.2. The molecular formula is C17H22N4O. The molecule has 1 unspecified atom stereocenters. The van der Waals surface area contributed by atoms with Gasteiger partial charge in [0, 0.05) is 17.4 Å². The number of aryl methyl sites for hydroxylation is 2. The first-order valence-corrected chi connectivity index (χ1v) is 7.48. The normalized spacial score (nSPS) is 11.8. The van der Waals surface area contributed by atoms with Gasteiger partial charge in [-0.15, -0.1) is 0 Å². The average Bonchev–Trinajstić information content (AvgIpc) is 2.48. The number of hydrogen-bond donors (Lipinski definition) is 2. The van der Waals surface area contributed by atoms with E-state index in [-0.39, 0.29) is 11.9 Å². The zero-order valence-corrected chi connectivity index (χ0v) is 13.5. The van der Waals surface area contributed by atoms with Crippen molar-refractivity contribution in [3.05, 3.63) is 47.3 Å². The van der Waals surface area contributed by atoms with E-state index in [0.29, 0.717) is 11.6 Å². The first-order chi connectivity index (χ1) is 10.5. The fraction of sp³-hybridized carbons (Fsp3) is 0.353. The van der Waals surface area contributed by atoms with E-state index in [1.807, 2.05) is 38.1 Å². The third-order valence-corrected chi connectivity index (χ3v) is 3.38. The Bertz CT molecular complexity index is 652. The van der Waals surface area contributed by atoms with Crippen molar-refractivity contribution in [3.63, 3.8) is 0 Å². The van der Waals surface area contributed by atoms with Gasteiger partial charge in [-0.05, 0) is 45.4 Å². The Morgan fingerprint density at radius 1 is 1.18 bits per heavy atom. The summed E-state index contributed by atoms with van der Waals surface area (Å²) >= 11 is 0. The fourth-order valence-corrected chi connectivity index (χ4v) is 1.90. The van der Waals surface area contributed by atoms with Crippen molar-refractivity contribution in [2.24, 2.45) is 0 Å². The van der Waals surface area contributed by atoms with Crippen molar-refractivity contribution < 1.29 is 4.79 Å². The summed E-state index contributed by atoms with van der Waals surface area (Å²) in [5, 5.41) is 6.05. The molecule has 0 aliphatic carbocycles. The van der Waals surface area contributed by atoms with Crippen molar-refractivity contribution in [1.82, 2.24) is 9.97 Å². The summed E-state index contributed by atoms with van der Waals surface area (Å²) in [6.45, 7) is 7.99. The molecular weight excluding hydrogens is 276 g/mol. The highest BCUT2D eigenvalue weighted by atomic mass is 16.1. The molecule has 2 aromatic rings. The maximum atomic E-state index is 12.3. The molecule has 0 aliphatic rings. The van der Waals surface area contributed by atoms with Crippen molar-refractivity contribution in [3.8, 4) is 0 Å². The minimum atomic E-state index is -0.235. The van der Waals surface area contributed by atoms with Gasteiger partial charge in [0.05, 0.1) is 0 Å². The Labute approximate surface area is 131 Å². The van der Waals surface area contributed by atoms with Crippen molar-refractivity contribution >= 4 is 17.5 Å². The number of amides is 1. The molecule has 5 heteroatoms. The molecule has 1 heterocycles. The van der Waals surface area contributed by atoms with Gasteiger partial charge >= 0.3 is 0 Å². The summed E-state index contributed by atoms with van der Waals surface area (Å²) < 4.78 is 0. The van der Waals surface area contributed by atoms with Gasteiger partial charge in [0.25, 0.3) is 5.91 Å². The van der Waals surface area contributed by atoms with Gasteiger partial charge in [-0.1, -0.05) is 24.6 Å². The molecule has 2 N–H and O–H groups in total. The van der Waals surface area contributed by atoms with E-state index in [4.69, 9.17) is 0 Å². The van der Waals surface area contributed by atoms with E-state index in [1.165, 1.54) is 0 Å². The molecule has 116 valence electrons. The topological polar surface area (TPSA) is 66.9 Å². The largest absolute Gasteiger partial charge is 0.352 e. The van der Waals surface area contributed by atoms with Crippen LogP contribution in [0.5, 0.6) is 0 Å². The van der Waals surface area contributed by atoms with E-state index < -0.39 is 0 Å². The minimum Gasteiger partial charge on any atom is -0.352 e. The van der Waals surface area contributed by atoms with Crippen molar-refractivity contribution in [1.29, 1.82) is 0 Å². The molecule has 2 rings (SSSR count). The summed E-state index contributed by atoms with van der Waals surface area (Å²) in [6, 6.07) is 9.60. The van der Waals surface area contributed by atoms with Crippen LogP contribution in [-0.2, 0) is 0 Å². The summed E-state index contributed by atoms with van der Waals surface area (Å²) in [5.41, 5.74) is 3.02. The van der Waals surface area contributed by atoms with Crippen LogP contribution in [0.3, 0.4) is 0 Å². The van der Waals surface area contributed by atoms with Crippen LogP contribution in [0.25, 0.3) is 0 Å². The highest BCUT2D eigenvalue weighted by molar-refractivity contribution is 6.03. The van der Waals surface area contributed by atoms with Crippen LogP contribution in [-0.4, -0.2) is 21.9 Å². The van der Waals surface area contributed by atoms with Gasteiger partial charge < -0.3 is 10.6 Å². The van der Waals surface area contributed by atoms with E-state index in [9.17, 15) is 4.79 Å². The van der Waals surface area contributed by atoms with Gasteiger partial charge in [-0.3, -0.25) is 4.79 Å². The van der Waals surface area contributed by atoms with Gasteiger partial charge in [0.1, 0.15) is 5.69 Å². The lowest BCUT2D eigenvalue weighted by Crippen LogP contribution is -2.19. The van der Waals surface area contributed by atoms with Gasteiger partial charge in [-0.25, -0.2) is 9.97 Å². The Morgan fingerprint density at radius 3 is 2.50 bits per heavy atom. The monoisotopic (exact) mass is 298 g/mol. The summed E-state index contributed by atoms with van der Waals surface area (Å²) in [4.78, 5) is 21.0. The molecule has 1 atom stereocenters. The summed E-state index contributed by atoms with van der Waals surface area (Å²) in [5.74, 6) is 0.255. The van der Waals surface area contributed by atoms with Crippen LogP contribution in [0.15, 0.2) is 30.3 Å². The van der Waals surface area contributed by atoms with Crippen LogP contribution < -0.4 is 10.6 Å². The van der Waals surface area contributed by atoms with Crippen molar-refractivity contribution in [2.75, 3.05) is 10.6 Å². The lowest BCUT2D eigenvalue weighted by Gasteiger charge is -2.13. The molecule has 1 aromatic carbocycles. The van der Waals surface area contributed by atoms with E-state index in [0.717, 1.165) is 23.4 Å². The first kappa shape index (κ1) is 15.9. The maximum absolute atomic E-state index is 12.3. The molecule has 0 saturated heterocycles. The number of carbonyl (C=O) groups excluding carboxylic acids is 1. The number of nitrogens with zero attached hydrogens (tertiary/aromatic N) is 2. The van der Waals surface area contributed by atoms with Crippen LogP contribution in [0.2, 0.25) is 0 Å². The van der Waals surface area contributed by atoms with E-state index >= 15 is 0 Å². The third kappa shape index (κ3) is 4.28. The molecule has 0 radical (unpaired) electrons. The number of benzene rings is 1.